The summed E-state index contributed by atoms with van der Waals surface area (Å²) in [5.74, 6) is -6.14. The van der Waals surface area contributed by atoms with E-state index >= 15 is 0 Å². The summed E-state index contributed by atoms with van der Waals surface area (Å²) in [6.07, 6.45) is 16.9. The van der Waals surface area contributed by atoms with Gasteiger partial charge in [0.25, 0.3) is 0 Å². The summed E-state index contributed by atoms with van der Waals surface area (Å²) < 4.78 is 11.2. The Morgan fingerprint density at radius 1 is 0.763 bits per heavy atom. The van der Waals surface area contributed by atoms with Gasteiger partial charge in [0.15, 0.2) is 5.78 Å². The molecule has 1 fully saturated rings. The summed E-state index contributed by atoms with van der Waals surface area (Å²) in [5.41, 5.74) is 7.62. The molecule has 0 aromatic heterocycles. The number of rotatable bonds is 33. The van der Waals surface area contributed by atoms with Crippen molar-refractivity contribution in [3.8, 4) is 0 Å². The molecular formula is C45H78N4O10. The Bertz CT molecular complexity index is 1310. The number of amides is 3. The van der Waals surface area contributed by atoms with Crippen LogP contribution in [-0.4, -0.2) is 106 Å². The van der Waals surface area contributed by atoms with Crippen LogP contribution in [0.2, 0.25) is 0 Å². The van der Waals surface area contributed by atoms with Crippen LogP contribution in [0.1, 0.15) is 161 Å². The van der Waals surface area contributed by atoms with Crippen LogP contribution in [-0.2, 0) is 30.5 Å². The number of Topliss-reactive ketones (excluding diaryl/α,β-unsaturated/α-hetero) is 1. The molecule has 59 heavy (non-hydrogen) atoms. The van der Waals surface area contributed by atoms with Gasteiger partial charge in [0.2, 0.25) is 17.7 Å². The summed E-state index contributed by atoms with van der Waals surface area (Å²) >= 11 is 0. The smallest absolute Gasteiger partial charge is 0.408 e. The first-order valence-electron chi connectivity index (χ1n) is 22.7. The lowest BCUT2D eigenvalue weighted by atomic mass is 9.82. The third-order valence-electron chi connectivity index (χ3n) is 11.3. The second kappa shape index (κ2) is 30.8. The number of ether oxygens (including phenoxy) is 2. The maximum atomic E-state index is 14.1. The minimum Gasteiger partial charge on any atom is -0.445 e. The second-order valence-corrected chi connectivity index (χ2v) is 16.2. The van der Waals surface area contributed by atoms with Gasteiger partial charge in [-0.15, -0.1) is 0 Å². The zero-order valence-electron chi connectivity index (χ0n) is 36.1. The Kier molecular flexibility index (Phi) is 27.2. The highest BCUT2D eigenvalue weighted by Gasteiger charge is 2.58. The largest absolute Gasteiger partial charge is 0.445 e. The normalized spacial score (nSPS) is 20.8. The fourth-order valence-electron chi connectivity index (χ4n) is 7.68. The molecule has 1 aromatic carbocycles. The molecule has 0 spiro atoms. The first-order chi connectivity index (χ1) is 28.5. The number of ketones is 1. The number of carbonyl (C=O) groups excluding carboxylic acids is 4. The number of aliphatic hydroxyl groups is 4. The predicted octanol–water partition coefficient (Wildman–Crippen LogP) is 5.75. The van der Waals surface area contributed by atoms with Crippen LogP contribution in [0.4, 0.5) is 4.79 Å². The number of carbonyl (C=O) groups is 4. The molecule has 1 heterocycles. The molecule has 0 unspecified atom stereocenters. The van der Waals surface area contributed by atoms with Gasteiger partial charge in [-0.2, -0.15) is 0 Å². The van der Waals surface area contributed by atoms with E-state index in [9.17, 15) is 39.6 Å². The van der Waals surface area contributed by atoms with E-state index in [0.717, 1.165) is 51.4 Å². The van der Waals surface area contributed by atoms with Crippen molar-refractivity contribution in [1.29, 1.82) is 0 Å². The van der Waals surface area contributed by atoms with Crippen LogP contribution in [0.15, 0.2) is 30.3 Å². The fourth-order valence-corrected chi connectivity index (χ4v) is 7.68. The van der Waals surface area contributed by atoms with E-state index in [4.69, 9.17) is 15.2 Å². The van der Waals surface area contributed by atoms with Crippen molar-refractivity contribution < 1.29 is 49.1 Å². The first-order valence-corrected chi connectivity index (χ1v) is 22.7. The number of nitrogens with two attached hydrogens (primary N) is 1. The standard InChI is InChI=1S/C45H78N4O10/c1-3-5-7-9-11-13-14-15-17-19-21-26-30-49(39(53)29-25-20-18-16-12-10-8-6-4-2)45(46)40(42(55)41(54)38(33-51)59-45)37(52)31-47-43(56)36(32-50)48-44(57)58-34-35-27-23-22-24-28-35/h22-24,27-28,36,38,40-42,50-51,54-55H,3-21,25-26,29-34,46H2,1-2H3,(H,47,56)(H,48,57)/t36-,38+,40+,41+,42+,45-/m0/s1. The highest BCUT2D eigenvalue weighted by atomic mass is 16.6. The van der Waals surface area contributed by atoms with Crippen molar-refractivity contribution in [3.05, 3.63) is 35.9 Å². The Morgan fingerprint density at radius 3 is 1.78 bits per heavy atom. The quantitative estimate of drug-likeness (QED) is 0.0334. The van der Waals surface area contributed by atoms with Crippen molar-refractivity contribution >= 4 is 23.7 Å². The van der Waals surface area contributed by atoms with E-state index in [1.807, 2.05) is 6.07 Å². The maximum absolute atomic E-state index is 14.1. The fraction of sp³-hybridized carbons (Fsp3) is 0.778. The molecule has 3 amide bonds. The van der Waals surface area contributed by atoms with Crippen molar-refractivity contribution in [1.82, 2.24) is 15.5 Å². The lowest BCUT2D eigenvalue weighted by Crippen LogP contribution is -2.75. The number of aliphatic hydroxyl groups excluding tert-OH is 4. The van der Waals surface area contributed by atoms with E-state index in [1.54, 1.807) is 24.3 Å². The van der Waals surface area contributed by atoms with E-state index in [0.29, 0.717) is 18.4 Å². The summed E-state index contributed by atoms with van der Waals surface area (Å²) in [6, 6.07) is 7.38. The first kappa shape index (κ1) is 52.0. The van der Waals surface area contributed by atoms with Gasteiger partial charge in [-0.1, -0.05) is 166 Å². The predicted molar refractivity (Wildman–Crippen MR) is 228 cm³/mol. The number of hydrogen-bond acceptors (Lipinski definition) is 11. The Hall–Kier alpha value is -3.14. The molecule has 0 aliphatic carbocycles. The molecule has 0 bridgehead atoms. The lowest BCUT2D eigenvalue weighted by molar-refractivity contribution is -0.291. The van der Waals surface area contributed by atoms with Gasteiger partial charge in [-0.05, 0) is 18.4 Å². The summed E-state index contributed by atoms with van der Waals surface area (Å²) in [7, 11) is 0. The maximum Gasteiger partial charge on any atom is 0.408 e. The minimum atomic E-state index is -2.27. The molecule has 0 saturated carbocycles. The molecular weight excluding hydrogens is 757 g/mol. The number of hydrogen-bond donors (Lipinski definition) is 7. The van der Waals surface area contributed by atoms with Crippen molar-refractivity contribution in [3.63, 3.8) is 0 Å². The molecule has 14 heteroatoms. The van der Waals surface area contributed by atoms with Gasteiger partial charge in [0.1, 0.15) is 30.8 Å². The summed E-state index contributed by atoms with van der Waals surface area (Å²) in [6.45, 7) is 2.15. The molecule has 1 saturated heterocycles. The number of nitrogens with one attached hydrogen (secondary N) is 2. The average Bonchev–Trinajstić information content (AvgIpc) is 3.23. The summed E-state index contributed by atoms with van der Waals surface area (Å²) in [5, 5.41) is 46.9. The van der Waals surface area contributed by atoms with Gasteiger partial charge in [0.05, 0.1) is 25.9 Å². The molecule has 338 valence electrons. The zero-order chi connectivity index (χ0) is 43.3. The molecule has 2 rings (SSSR count). The van der Waals surface area contributed by atoms with Crippen LogP contribution in [0.25, 0.3) is 0 Å². The van der Waals surface area contributed by atoms with Crippen LogP contribution in [0, 0.1) is 5.92 Å². The molecule has 1 aromatic rings. The number of benzene rings is 1. The van der Waals surface area contributed by atoms with Gasteiger partial charge in [-0.25, -0.2) is 4.79 Å². The Labute approximate surface area is 353 Å². The molecule has 0 radical (unpaired) electrons. The SMILES string of the molecule is CCCCCCCCCCCCCCN(C(=O)CCCCCCCCCCC)[C@]1(N)O[C@H](CO)[C@@H](O)[C@H](O)[C@H]1C(=O)CNC(=O)[C@H](CO)NC(=O)OCc1ccccc1. The molecule has 14 nitrogen and oxygen atoms in total. The number of alkyl carbamates (subject to hydrolysis) is 1. The lowest BCUT2D eigenvalue weighted by Gasteiger charge is -2.52. The van der Waals surface area contributed by atoms with Crippen LogP contribution in [0.5, 0.6) is 0 Å². The Balaban J connectivity index is 2.13. The Morgan fingerprint density at radius 2 is 1.27 bits per heavy atom. The van der Waals surface area contributed by atoms with Crippen LogP contribution >= 0.6 is 0 Å². The number of nitrogens with zero attached hydrogens (tertiary/aromatic N) is 1. The third-order valence-corrected chi connectivity index (χ3v) is 11.3. The zero-order valence-corrected chi connectivity index (χ0v) is 36.1. The van der Waals surface area contributed by atoms with Crippen molar-refractivity contribution in [2.45, 2.75) is 192 Å². The molecule has 8 N–H and O–H groups in total. The highest BCUT2D eigenvalue weighted by molar-refractivity contribution is 5.92. The minimum absolute atomic E-state index is 0.0756. The average molecular weight is 835 g/mol. The van der Waals surface area contributed by atoms with Crippen LogP contribution < -0.4 is 16.4 Å². The molecule has 6 atom stereocenters. The second-order valence-electron chi connectivity index (χ2n) is 16.2. The van der Waals surface area contributed by atoms with Crippen molar-refractivity contribution in [2.24, 2.45) is 11.7 Å². The topological polar surface area (TPSA) is 221 Å². The van der Waals surface area contributed by atoms with Gasteiger partial charge in [0, 0.05) is 13.0 Å². The van der Waals surface area contributed by atoms with Crippen LogP contribution in [0.3, 0.4) is 0 Å². The van der Waals surface area contributed by atoms with E-state index in [-0.39, 0.29) is 25.5 Å². The summed E-state index contributed by atoms with van der Waals surface area (Å²) in [4.78, 5) is 54.8. The van der Waals surface area contributed by atoms with Gasteiger partial charge >= 0.3 is 6.09 Å². The van der Waals surface area contributed by atoms with E-state index in [1.165, 1.54) is 75.5 Å². The van der Waals surface area contributed by atoms with Crippen molar-refractivity contribution in [2.75, 3.05) is 26.3 Å². The van der Waals surface area contributed by atoms with Gasteiger partial charge in [-0.3, -0.25) is 20.1 Å². The molecule has 1 aliphatic rings. The third kappa shape index (κ3) is 19.4. The monoisotopic (exact) mass is 835 g/mol. The molecule has 1 aliphatic heterocycles. The van der Waals surface area contributed by atoms with Gasteiger partial charge < -0.3 is 45.4 Å². The van der Waals surface area contributed by atoms with E-state index < -0.39 is 73.7 Å². The number of unbranched alkanes of at least 4 members (excludes halogenated alkanes) is 19. The highest BCUT2D eigenvalue weighted by Crippen LogP contribution is 2.36. The van der Waals surface area contributed by atoms with E-state index in [2.05, 4.69) is 24.5 Å².